The highest BCUT2D eigenvalue weighted by atomic mass is 16.6. The summed E-state index contributed by atoms with van der Waals surface area (Å²) in [6.07, 6.45) is 1.94. The van der Waals surface area contributed by atoms with Gasteiger partial charge in [-0.25, -0.2) is 0 Å². The van der Waals surface area contributed by atoms with Crippen molar-refractivity contribution in [3.63, 3.8) is 0 Å². The van der Waals surface area contributed by atoms with Gasteiger partial charge in [0.1, 0.15) is 5.75 Å². The minimum atomic E-state index is -0.360. The Morgan fingerprint density at radius 2 is 2.17 bits per heavy atom. The Bertz CT molecular complexity index is 847. The third-order valence-corrected chi connectivity index (χ3v) is 4.84. The molecule has 2 aromatic rings. The zero-order valence-corrected chi connectivity index (χ0v) is 13.2. The highest BCUT2D eigenvalue weighted by molar-refractivity contribution is 6.06. The van der Waals surface area contributed by atoms with Crippen molar-refractivity contribution in [2.45, 2.75) is 18.9 Å². The Kier molecular flexibility index (Phi) is 3.45. The van der Waals surface area contributed by atoms with Gasteiger partial charge in [0.15, 0.2) is 0 Å². The molecule has 6 nitrogen and oxygen atoms in total. The van der Waals surface area contributed by atoms with Gasteiger partial charge >= 0.3 is 0 Å². The fraction of sp³-hybridized carbons (Fsp3) is 0.278. The van der Waals surface area contributed by atoms with Crippen molar-refractivity contribution in [2.75, 3.05) is 7.11 Å². The fourth-order valence-electron chi connectivity index (χ4n) is 3.62. The molecule has 0 aromatic heterocycles. The number of hydrogen-bond donors (Lipinski definition) is 1. The molecule has 1 aliphatic heterocycles. The van der Waals surface area contributed by atoms with Gasteiger partial charge in [-0.05, 0) is 36.1 Å². The molecule has 4 rings (SSSR count). The molecule has 0 spiro atoms. The van der Waals surface area contributed by atoms with Gasteiger partial charge in [-0.2, -0.15) is 5.10 Å². The number of ether oxygens (including phenoxy) is 1. The Labute approximate surface area is 139 Å². The zero-order chi connectivity index (χ0) is 16.7. The first-order valence-electron chi connectivity index (χ1n) is 7.92. The Balaban J connectivity index is 1.68. The van der Waals surface area contributed by atoms with Crippen LogP contribution in [0, 0.1) is 16.0 Å². The van der Waals surface area contributed by atoms with Crippen LogP contribution in [0.2, 0.25) is 0 Å². The van der Waals surface area contributed by atoms with Crippen LogP contribution >= 0.6 is 0 Å². The number of methoxy groups -OCH3 is 1. The lowest BCUT2D eigenvalue weighted by Gasteiger charge is -2.26. The molecule has 0 amide bonds. The first-order valence-corrected chi connectivity index (χ1v) is 7.92. The minimum absolute atomic E-state index is 0.0285. The van der Waals surface area contributed by atoms with Gasteiger partial charge in [0.25, 0.3) is 5.69 Å². The fourth-order valence-corrected chi connectivity index (χ4v) is 3.62. The average molecular weight is 323 g/mol. The second kappa shape index (κ2) is 5.63. The predicted molar refractivity (Wildman–Crippen MR) is 90.3 cm³/mol. The molecule has 6 heteroatoms. The number of hydrogen-bond acceptors (Lipinski definition) is 5. The summed E-state index contributed by atoms with van der Waals surface area (Å²) in [5.74, 6) is 1.03. The van der Waals surface area contributed by atoms with Crippen LogP contribution in [0.15, 0.2) is 47.6 Å². The molecule has 122 valence electrons. The van der Waals surface area contributed by atoms with Crippen LogP contribution in [0.4, 0.5) is 5.69 Å². The van der Waals surface area contributed by atoms with E-state index >= 15 is 0 Å². The van der Waals surface area contributed by atoms with Crippen LogP contribution in [0.5, 0.6) is 5.75 Å². The maximum Gasteiger partial charge on any atom is 0.269 e. The SMILES string of the molecule is COc1ccc2c(c1)C1=NN[C@@H](c3cccc([N+](=O)[O-])c3)[C@H]1CC2. The maximum absolute atomic E-state index is 11.0. The van der Waals surface area contributed by atoms with Crippen LogP contribution < -0.4 is 10.2 Å². The van der Waals surface area contributed by atoms with Crippen molar-refractivity contribution in [1.29, 1.82) is 0 Å². The number of rotatable bonds is 3. The molecule has 0 saturated heterocycles. The summed E-state index contributed by atoms with van der Waals surface area (Å²) in [6, 6.07) is 12.9. The number of nitrogens with one attached hydrogen (secondary N) is 1. The van der Waals surface area contributed by atoms with Gasteiger partial charge in [0, 0.05) is 23.6 Å². The highest BCUT2D eigenvalue weighted by Gasteiger charge is 2.37. The number of hydrazone groups is 1. The molecule has 0 unspecified atom stereocenters. The normalized spacial score (nSPS) is 21.3. The van der Waals surface area contributed by atoms with Crippen LogP contribution in [0.25, 0.3) is 0 Å². The number of nitro benzene ring substituents is 1. The van der Waals surface area contributed by atoms with Crippen LogP contribution in [0.1, 0.15) is 29.2 Å². The monoisotopic (exact) mass is 323 g/mol. The number of fused-ring (bicyclic) bond motifs is 3. The Morgan fingerprint density at radius 1 is 1.29 bits per heavy atom. The minimum Gasteiger partial charge on any atom is -0.497 e. The van der Waals surface area contributed by atoms with Crippen molar-refractivity contribution >= 4 is 11.4 Å². The molecule has 2 aromatic carbocycles. The van der Waals surface area contributed by atoms with E-state index in [1.165, 1.54) is 11.6 Å². The van der Waals surface area contributed by atoms with Crippen LogP contribution in [-0.4, -0.2) is 17.7 Å². The van der Waals surface area contributed by atoms with Gasteiger partial charge in [-0.1, -0.05) is 18.2 Å². The van der Waals surface area contributed by atoms with E-state index in [1.807, 2.05) is 18.2 Å². The van der Waals surface area contributed by atoms with Crippen molar-refractivity contribution < 1.29 is 9.66 Å². The van der Waals surface area contributed by atoms with Crippen molar-refractivity contribution in [3.8, 4) is 5.75 Å². The largest absolute Gasteiger partial charge is 0.497 e. The van der Waals surface area contributed by atoms with E-state index < -0.39 is 0 Å². The molecule has 1 aliphatic carbocycles. The molecule has 2 atom stereocenters. The van der Waals surface area contributed by atoms with Gasteiger partial charge in [-0.15, -0.1) is 0 Å². The van der Waals surface area contributed by atoms with E-state index in [9.17, 15) is 10.1 Å². The molecule has 0 fully saturated rings. The molecule has 0 bridgehead atoms. The van der Waals surface area contributed by atoms with Gasteiger partial charge in [0.2, 0.25) is 0 Å². The number of benzene rings is 2. The summed E-state index contributed by atoms with van der Waals surface area (Å²) in [4.78, 5) is 10.7. The van der Waals surface area contributed by atoms with Crippen LogP contribution in [-0.2, 0) is 6.42 Å². The van der Waals surface area contributed by atoms with Crippen molar-refractivity contribution in [3.05, 3.63) is 69.3 Å². The van der Waals surface area contributed by atoms with Crippen molar-refractivity contribution in [2.24, 2.45) is 11.0 Å². The highest BCUT2D eigenvalue weighted by Crippen LogP contribution is 2.39. The van der Waals surface area contributed by atoms with E-state index in [0.29, 0.717) is 0 Å². The van der Waals surface area contributed by atoms with E-state index in [0.717, 1.165) is 35.4 Å². The molecule has 2 aliphatic rings. The lowest BCUT2D eigenvalue weighted by Crippen LogP contribution is -2.26. The smallest absolute Gasteiger partial charge is 0.269 e. The average Bonchev–Trinajstić information content (AvgIpc) is 3.06. The first-order chi connectivity index (χ1) is 11.7. The number of aryl methyl sites for hydroxylation is 1. The Hall–Kier alpha value is -2.89. The third-order valence-electron chi connectivity index (χ3n) is 4.84. The summed E-state index contributed by atoms with van der Waals surface area (Å²) < 4.78 is 5.33. The molecular formula is C18H17N3O3. The van der Waals surface area contributed by atoms with E-state index in [4.69, 9.17) is 4.74 Å². The lowest BCUT2D eigenvalue weighted by molar-refractivity contribution is -0.384. The first kappa shape index (κ1) is 14.7. The van der Waals surface area contributed by atoms with E-state index in [2.05, 4.69) is 16.6 Å². The second-order valence-electron chi connectivity index (χ2n) is 6.12. The van der Waals surface area contributed by atoms with E-state index in [-0.39, 0.29) is 22.6 Å². The lowest BCUT2D eigenvalue weighted by atomic mass is 9.77. The Morgan fingerprint density at radius 3 is 2.96 bits per heavy atom. The third kappa shape index (κ3) is 2.31. The molecule has 24 heavy (non-hydrogen) atoms. The molecule has 0 radical (unpaired) electrons. The summed E-state index contributed by atoms with van der Waals surface area (Å²) in [5, 5.41) is 15.6. The van der Waals surface area contributed by atoms with Crippen LogP contribution in [0.3, 0.4) is 0 Å². The van der Waals surface area contributed by atoms with Gasteiger partial charge in [0.05, 0.1) is 23.8 Å². The second-order valence-corrected chi connectivity index (χ2v) is 6.12. The molecule has 1 heterocycles. The summed E-state index contributed by atoms with van der Waals surface area (Å²) >= 11 is 0. The maximum atomic E-state index is 11.0. The zero-order valence-electron chi connectivity index (χ0n) is 13.2. The molecule has 1 N–H and O–H groups in total. The summed E-state index contributed by atoms with van der Waals surface area (Å²) in [7, 11) is 1.66. The molecular weight excluding hydrogens is 306 g/mol. The van der Waals surface area contributed by atoms with Gasteiger partial charge in [-0.3, -0.25) is 10.1 Å². The standard InChI is InChI=1S/C18H17N3O3/c1-24-14-7-5-11-6-8-15-17(19-20-18(15)16(11)10-14)12-3-2-4-13(9-12)21(22)23/h2-5,7,9-10,15,17,19H,6,8H2,1H3/t15-,17+/m1/s1. The quantitative estimate of drug-likeness (QED) is 0.695. The topological polar surface area (TPSA) is 76.8 Å². The predicted octanol–water partition coefficient (Wildman–Crippen LogP) is 3.21. The molecule has 0 saturated carbocycles. The summed E-state index contributed by atoms with van der Waals surface area (Å²) in [5.41, 5.74) is 7.61. The number of nitrogens with zero attached hydrogens (tertiary/aromatic N) is 2. The summed E-state index contributed by atoms with van der Waals surface area (Å²) in [6.45, 7) is 0. The van der Waals surface area contributed by atoms with Crippen molar-refractivity contribution in [1.82, 2.24) is 5.43 Å². The number of nitro groups is 1. The van der Waals surface area contributed by atoms with E-state index in [1.54, 1.807) is 19.2 Å². The number of non-ortho nitro benzene ring substituents is 1. The van der Waals surface area contributed by atoms with Gasteiger partial charge < -0.3 is 10.2 Å².